The number of ether oxygens (including phenoxy) is 1. The van der Waals surface area contributed by atoms with E-state index in [0.717, 1.165) is 57.8 Å². The molecule has 6 nitrogen and oxygen atoms in total. The second-order valence-electron chi connectivity index (χ2n) is 19.6. The van der Waals surface area contributed by atoms with Crippen LogP contribution < -0.4 is 5.32 Å². The van der Waals surface area contributed by atoms with Gasteiger partial charge in [0.15, 0.2) is 0 Å². The molecule has 0 aliphatic heterocycles. The summed E-state index contributed by atoms with van der Waals surface area (Å²) in [5, 5.41) is 23.2. The van der Waals surface area contributed by atoms with Crippen molar-refractivity contribution in [3.05, 3.63) is 12.2 Å². The normalized spacial score (nSPS) is 12.6. The lowest BCUT2D eigenvalue weighted by Crippen LogP contribution is -2.45. The van der Waals surface area contributed by atoms with Gasteiger partial charge in [-0.15, -0.1) is 0 Å². The summed E-state index contributed by atoms with van der Waals surface area (Å²) in [6, 6.07) is -0.637. The molecule has 0 rings (SSSR count). The maximum Gasteiger partial charge on any atom is 0.305 e. The van der Waals surface area contributed by atoms with E-state index in [1.54, 1.807) is 6.08 Å². The van der Waals surface area contributed by atoms with E-state index in [9.17, 15) is 19.8 Å². The lowest BCUT2D eigenvalue weighted by atomic mass is 10.0. The van der Waals surface area contributed by atoms with Gasteiger partial charge in [0.1, 0.15) is 0 Å². The molecule has 2 unspecified atom stereocenters. The minimum atomic E-state index is -0.853. The van der Waals surface area contributed by atoms with Gasteiger partial charge in [-0.3, -0.25) is 9.59 Å². The maximum atomic E-state index is 12.5. The highest BCUT2D eigenvalue weighted by molar-refractivity contribution is 5.76. The molecule has 0 aromatic heterocycles. The van der Waals surface area contributed by atoms with E-state index in [2.05, 4.69) is 19.2 Å². The second kappa shape index (κ2) is 53.2. The van der Waals surface area contributed by atoms with Crippen molar-refractivity contribution >= 4 is 11.9 Å². The first kappa shape index (κ1) is 61.6. The Balaban J connectivity index is 3.48. The minimum absolute atomic E-state index is 0.00641. The van der Waals surface area contributed by atoms with Gasteiger partial charge in [-0.1, -0.05) is 283 Å². The standard InChI is InChI=1S/C57H111NO5/c1-3-5-7-9-11-13-15-16-17-18-19-20-21-22-23-24-26-30-33-37-41-45-49-55(60)54(53-59)58-56(61)50-46-42-38-34-31-27-25-28-32-36-40-44-48-52-63-57(62)51-47-43-39-35-29-14-12-10-8-6-4-2/h45,49,54-55,59-60H,3-44,46-48,50-53H2,1-2H3,(H,58,61)/b49-45+. The van der Waals surface area contributed by atoms with Crippen LogP contribution in [-0.4, -0.2) is 47.4 Å². The summed E-state index contributed by atoms with van der Waals surface area (Å²) in [6.45, 7) is 4.89. The Labute approximate surface area is 393 Å². The molecule has 0 spiro atoms. The molecule has 3 N–H and O–H groups in total. The van der Waals surface area contributed by atoms with Crippen LogP contribution >= 0.6 is 0 Å². The van der Waals surface area contributed by atoms with Crippen LogP contribution in [-0.2, 0) is 14.3 Å². The highest BCUT2D eigenvalue weighted by Gasteiger charge is 2.18. The minimum Gasteiger partial charge on any atom is -0.466 e. The van der Waals surface area contributed by atoms with Crippen LogP contribution in [0.15, 0.2) is 12.2 Å². The monoisotopic (exact) mass is 890 g/mol. The van der Waals surface area contributed by atoms with Crippen molar-refractivity contribution in [1.29, 1.82) is 0 Å². The average molecular weight is 891 g/mol. The van der Waals surface area contributed by atoms with E-state index >= 15 is 0 Å². The van der Waals surface area contributed by atoms with Gasteiger partial charge in [0.2, 0.25) is 5.91 Å². The van der Waals surface area contributed by atoms with Crippen LogP contribution in [0.1, 0.15) is 316 Å². The molecule has 0 radical (unpaired) electrons. The van der Waals surface area contributed by atoms with Crippen molar-refractivity contribution in [3.8, 4) is 0 Å². The second-order valence-corrected chi connectivity index (χ2v) is 19.6. The lowest BCUT2D eigenvalue weighted by Gasteiger charge is -2.20. The van der Waals surface area contributed by atoms with Crippen molar-refractivity contribution in [3.63, 3.8) is 0 Å². The Kier molecular flexibility index (Phi) is 52.0. The molecular weight excluding hydrogens is 779 g/mol. The Morgan fingerprint density at radius 1 is 0.429 bits per heavy atom. The average Bonchev–Trinajstić information content (AvgIpc) is 3.28. The van der Waals surface area contributed by atoms with Gasteiger partial charge in [0.25, 0.3) is 0 Å². The number of aliphatic hydroxyl groups excluding tert-OH is 2. The van der Waals surface area contributed by atoms with Crippen molar-refractivity contribution in [2.45, 2.75) is 328 Å². The summed E-state index contributed by atoms with van der Waals surface area (Å²) in [4.78, 5) is 24.5. The van der Waals surface area contributed by atoms with Crippen LogP contribution in [0.4, 0.5) is 0 Å². The molecule has 0 saturated heterocycles. The summed E-state index contributed by atoms with van der Waals surface area (Å²) >= 11 is 0. The van der Waals surface area contributed by atoms with Gasteiger partial charge >= 0.3 is 5.97 Å². The maximum absolute atomic E-state index is 12.5. The van der Waals surface area contributed by atoms with Gasteiger partial charge in [0, 0.05) is 12.8 Å². The predicted molar refractivity (Wildman–Crippen MR) is 273 cm³/mol. The fourth-order valence-corrected chi connectivity index (χ4v) is 8.93. The number of nitrogens with one attached hydrogen (secondary N) is 1. The molecular formula is C57H111NO5. The number of hydrogen-bond acceptors (Lipinski definition) is 5. The number of carbonyl (C=O) groups excluding carboxylic acids is 2. The third kappa shape index (κ3) is 49.9. The fourth-order valence-electron chi connectivity index (χ4n) is 8.93. The Morgan fingerprint density at radius 3 is 1.08 bits per heavy atom. The van der Waals surface area contributed by atoms with E-state index in [-0.39, 0.29) is 18.5 Å². The summed E-state index contributed by atoms with van der Waals surface area (Å²) < 4.78 is 5.45. The number of rotatable bonds is 53. The van der Waals surface area contributed by atoms with E-state index in [1.807, 2.05) is 6.08 Å². The van der Waals surface area contributed by atoms with E-state index in [0.29, 0.717) is 19.4 Å². The highest BCUT2D eigenvalue weighted by Crippen LogP contribution is 2.17. The number of amides is 1. The smallest absolute Gasteiger partial charge is 0.305 e. The fraction of sp³-hybridized carbons (Fsp3) is 0.930. The molecule has 0 bridgehead atoms. The molecule has 1 amide bonds. The van der Waals surface area contributed by atoms with Crippen LogP contribution in [0.3, 0.4) is 0 Å². The number of carbonyl (C=O) groups is 2. The first-order chi connectivity index (χ1) is 31.0. The van der Waals surface area contributed by atoms with Gasteiger partial charge in [-0.05, 0) is 32.1 Å². The number of allylic oxidation sites excluding steroid dienone is 1. The highest BCUT2D eigenvalue weighted by atomic mass is 16.5. The molecule has 0 aromatic carbocycles. The number of hydrogen-bond donors (Lipinski definition) is 3. The molecule has 374 valence electrons. The quantitative estimate of drug-likeness (QED) is 0.0321. The molecule has 0 fully saturated rings. The number of unbranched alkanes of at least 4 members (excludes halogenated alkanes) is 42. The van der Waals surface area contributed by atoms with Crippen molar-refractivity contribution in [1.82, 2.24) is 5.32 Å². The summed E-state index contributed by atoms with van der Waals surface area (Å²) in [6.07, 6.45) is 62.3. The SMILES string of the molecule is CCCCCCCCCCCCCCCCCCCCCC/C=C/C(O)C(CO)NC(=O)CCCCCCCCCCCCCCCOC(=O)CCCCCCCCCCCCC. The number of esters is 1. The van der Waals surface area contributed by atoms with Crippen molar-refractivity contribution in [2.24, 2.45) is 0 Å². The molecule has 0 aromatic rings. The zero-order chi connectivity index (χ0) is 45.8. The summed E-state index contributed by atoms with van der Waals surface area (Å²) in [5.74, 6) is -0.0838. The molecule has 0 saturated carbocycles. The van der Waals surface area contributed by atoms with Gasteiger partial charge in [-0.2, -0.15) is 0 Å². The molecule has 0 heterocycles. The van der Waals surface area contributed by atoms with E-state index in [1.165, 1.54) is 231 Å². The van der Waals surface area contributed by atoms with Crippen LogP contribution in [0.5, 0.6) is 0 Å². The van der Waals surface area contributed by atoms with Crippen molar-refractivity contribution < 1.29 is 24.5 Å². The molecule has 63 heavy (non-hydrogen) atoms. The topological polar surface area (TPSA) is 95.9 Å². The predicted octanol–water partition coefficient (Wildman–Crippen LogP) is 17.3. The third-order valence-corrected chi connectivity index (χ3v) is 13.3. The zero-order valence-electron chi connectivity index (χ0n) is 42.6. The molecule has 2 atom stereocenters. The summed E-state index contributed by atoms with van der Waals surface area (Å²) in [5.41, 5.74) is 0. The van der Waals surface area contributed by atoms with Crippen LogP contribution in [0.25, 0.3) is 0 Å². The first-order valence-corrected chi connectivity index (χ1v) is 28.5. The van der Waals surface area contributed by atoms with Crippen LogP contribution in [0.2, 0.25) is 0 Å². The zero-order valence-corrected chi connectivity index (χ0v) is 42.6. The Morgan fingerprint density at radius 2 is 0.730 bits per heavy atom. The van der Waals surface area contributed by atoms with Gasteiger partial charge in [-0.25, -0.2) is 0 Å². The third-order valence-electron chi connectivity index (χ3n) is 13.3. The van der Waals surface area contributed by atoms with E-state index < -0.39 is 12.1 Å². The van der Waals surface area contributed by atoms with Crippen LogP contribution in [0, 0.1) is 0 Å². The largest absolute Gasteiger partial charge is 0.466 e. The van der Waals surface area contributed by atoms with Gasteiger partial charge in [0.05, 0.1) is 25.4 Å². The van der Waals surface area contributed by atoms with Crippen molar-refractivity contribution in [2.75, 3.05) is 13.2 Å². The lowest BCUT2D eigenvalue weighted by molar-refractivity contribution is -0.143. The Hall–Kier alpha value is -1.40. The van der Waals surface area contributed by atoms with E-state index in [4.69, 9.17) is 4.74 Å². The molecule has 0 aliphatic carbocycles. The molecule has 0 aliphatic rings. The van der Waals surface area contributed by atoms with Gasteiger partial charge < -0.3 is 20.3 Å². The first-order valence-electron chi connectivity index (χ1n) is 28.5. The summed E-state index contributed by atoms with van der Waals surface area (Å²) in [7, 11) is 0. The molecule has 6 heteroatoms. The Bertz CT molecular complexity index is 939. The number of aliphatic hydroxyl groups is 2.